The summed E-state index contributed by atoms with van der Waals surface area (Å²) in [6.07, 6.45) is 0. The maximum Gasteiger partial charge on any atom is 0.342 e. The first-order chi connectivity index (χ1) is 8.97. The lowest BCUT2D eigenvalue weighted by atomic mass is 9.93. The van der Waals surface area contributed by atoms with Gasteiger partial charge in [0.05, 0.1) is 0 Å². The van der Waals surface area contributed by atoms with Crippen LogP contribution in [-0.2, 0) is 0 Å². The summed E-state index contributed by atoms with van der Waals surface area (Å²) in [6, 6.07) is 16.7. The first-order valence-corrected chi connectivity index (χ1v) is 11.4. The molecule has 19 heavy (non-hydrogen) atoms. The van der Waals surface area contributed by atoms with Crippen LogP contribution in [0.3, 0.4) is 0 Å². The second kappa shape index (κ2) is 6.32. The average Bonchev–Trinajstić information content (AvgIpc) is 2.38. The molecule has 2 rings (SSSR count). The van der Waals surface area contributed by atoms with E-state index >= 15 is 0 Å². The highest BCUT2D eigenvalue weighted by Crippen LogP contribution is 2.37. The summed E-state index contributed by atoms with van der Waals surface area (Å²) in [5.74, 6) is 0.246. The Hall–Kier alpha value is -0.473. The summed E-state index contributed by atoms with van der Waals surface area (Å²) in [5.41, 5.74) is 3.67. The van der Waals surface area contributed by atoms with E-state index in [1.807, 2.05) is 30.3 Å². The Kier molecular flexibility index (Phi) is 4.96. The molecule has 2 aromatic rings. The van der Waals surface area contributed by atoms with E-state index in [9.17, 15) is 0 Å². The second-order valence-electron chi connectivity index (χ2n) is 4.67. The van der Waals surface area contributed by atoms with Crippen LogP contribution in [0.5, 0.6) is 0 Å². The third-order valence-corrected chi connectivity index (χ3v) is 5.58. The van der Waals surface area contributed by atoms with Gasteiger partial charge >= 0.3 is 6.00 Å². The van der Waals surface area contributed by atoms with Gasteiger partial charge in [0.15, 0.2) is 0 Å². The van der Waals surface area contributed by atoms with Crippen LogP contribution in [0.2, 0.25) is 6.04 Å². The molecule has 1 unspecified atom stereocenters. The van der Waals surface area contributed by atoms with Crippen molar-refractivity contribution in [1.29, 1.82) is 0 Å². The zero-order valence-electron chi connectivity index (χ0n) is 10.6. The van der Waals surface area contributed by atoms with Crippen molar-refractivity contribution in [2.24, 2.45) is 0 Å². The normalized spacial score (nSPS) is 13.3. The predicted octanol–water partition coefficient (Wildman–Crippen LogP) is 6.11. The van der Waals surface area contributed by atoms with E-state index in [2.05, 4.69) is 31.2 Å². The molecule has 0 aliphatic heterocycles. The first kappa shape index (κ1) is 14.9. The van der Waals surface area contributed by atoms with Crippen LogP contribution in [0, 0.1) is 0 Å². The van der Waals surface area contributed by atoms with Gasteiger partial charge in [-0.15, -0.1) is 33.2 Å². The van der Waals surface area contributed by atoms with Gasteiger partial charge in [-0.05, 0) is 28.7 Å². The highest BCUT2D eigenvalue weighted by molar-refractivity contribution is 7.64. The van der Waals surface area contributed by atoms with Gasteiger partial charge in [-0.25, -0.2) is 0 Å². The van der Waals surface area contributed by atoms with E-state index in [-0.39, 0.29) is 5.92 Å². The Morgan fingerprint density at radius 2 is 1.47 bits per heavy atom. The number of hydrogen-bond donors (Lipinski definition) is 0. The third kappa shape index (κ3) is 4.25. The molecule has 0 nitrogen and oxygen atoms in total. The van der Waals surface area contributed by atoms with Gasteiger partial charge < -0.3 is 0 Å². The van der Waals surface area contributed by atoms with E-state index in [0.717, 1.165) is 0 Å². The lowest BCUT2D eigenvalue weighted by Crippen LogP contribution is -2.13. The average molecular weight is 330 g/mol. The van der Waals surface area contributed by atoms with Gasteiger partial charge in [0, 0.05) is 0 Å². The molecule has 2 aromatic carbocycles. The molecule has 0 N–H and O–H groups in total. The molecule has 0 aliphatic rings. The minimum absolute atomic E-state index is 0.246. The van der Waals surface area contributed by atoms with Crippen LogP contribution in [0.1, 0.15) is 18.4 Å². The second-order valence-corrected chi connectivity index (χ2v) is 13.9. The highest BCUT2D eigenvalue weighted by atomic mass is 35.8. The number of halogens is 3. The first-order valence-electron chi connectivity index (χ1n) is 6.18. The monoisotopic (exact) mass is 328 g/mol. The van der Waals surface area contributed by atoms with E-state index in [1.54, 1.807) is 0 Å². The molecule has 0 saturated carbocycles. The zero-order valence-corrected chi connectivity index (χ0v) is 13.9. The van der Waals surface area contributed by atoms with Gasteiger partial charge in [0.25, 0.3) is 0 Å². The maximum atomic E-state index is 6.05. The highest BCUT2D eigenvalue weighted by Gasteiger charge is 2.29. The van der Waals surface area contributed by atoms with Gasteiger partial charge in [0.2, 0.25) is 0 Å². The van der Waals surface area contributed by atoms with E-state index in [0.29, 0.717) is 6.04 Å². The fourth-order valence-electron chi connectivity index (χ4n) is 2.26. The fraction of sp³-hybridized carbons (Fsp3) is 0.200. The van der Waals surface area contributed by atoms with Gasteiger partial charge in [-0.3, -0.25) is 0 Å². The molecule has 0 amide bonds. The van der Waals surface area contributed by atoms with Crippen molar-refractivity contribution in [3.8, 4) is 11.1 Å². The summed E-state index contributed by atoms with van der Waals surface area (Å²) < 4.78 is 0. The maximum absolute atomic E-state index is 6.05. The minimum Gasteiger partial charge on any atom is -0.126 e. The molecule has 1 atom stereocenters. The Morgan fingerprint density at radius 1 is 0.895 bits per heavy atom. The lowest BCUT2D eigenvalue weighted by molar-refractivity contribution is 0.861. The Morgan fingerprint density at radius 3 is 2.11 bits per heavy atom. The molecule has 0 aromatic heterocycles. The minimum atomic E-state index is -2.61. The molecular formula is C15H15Cl3Si. The van der Waals surface area contributed by atoms with Crippen LogP contribution in [0.25, 0.3) is 11.1 Å². The molecule has 100 valence electrons. The Bertz CT molecular complexity index is 535. The van der Waals surface area contributed by atoms with E-state index < -0.39 is 6.00 Å². The lowest BCUT2D eigenvalue weighted by Gasteiger charge is -2.19. The molecule has 0 spiro atoms. The number of hydrogen-bond acceptors (Lipinski definition) is 0. The molecule has 0 bridgehead atoms. The van der Waals surface area contributed by atoms with Crippen LogP contribution < -0.4 is 0 Å². The predicted molar refractivity (Wildman–Crippen MR) is 88.4 cm³/mol. The van der Waals surface area contributed by atoms with Crippen molar-refractivity contribution in [2.45, 2.75) is 18.9 Å². The van der Waals surface area contributed by atoms with Crippen LogP contribution >= 0.6 is 33.2 Å². The van der Waals surface area contributed by atoms with Gasteiger partial charge in [-0.1, -0.05) is 61.5 Å². The van der Waals surface area contributed by atoms with Crippen LogP contribution in [0.15, 0.2) is 54.6 Å². The van der Waals surface area contributed by atoms with E-state index in [1.165, 1.54) is 16.7 Å². The molecule has 4 heteroatoms. The van der Waals surface area contributed by atoms with Crippen molar-refractivity contribution < 1.29 is 0 Å². The van der Waals surface area contributed by atoms with Crippen molar-refractivity contribution in [2.75, 3.05) is 0 Å². The summed E-state index contributed by atoms with van der Waals surface area (Å²) in [5, 5.41) is 0. The van der Waals surface area contributed by atoms with Crippen LogP contribution in [-0.4, -0.2) is 6.00 Å². The van der Waals surface area contributed by atoms with Gasteiger partial charge in [0.1, 0.15) is 0 Å². The molecule has 0 heterocycles. The fourth-order valence-corrected chi connectivity index (χ4v) is 5.26. The van der Waals surface area contributed by atoms with Crippen LogP contribution in [0.4, 0.5) is 0 Å². The smallest absolute Gasteiger partial charge is 0.126 e. The summed E-state index contributed by atoms with van der Waals surface area (Å²) >= 11 is 18.1. The van der Waals surface area contributed by atoms with Crippen molar-refractivity contribution >= 4 is 39.2 Å². The quantitative estimate of drug-likeness (QED) is 0.469. The van der Waals surface area contributed by atoms with Crippen molar-refractivity contribution in [3.63, 3.8) is 0 Å². The van der Waals surface area contributed by atoms with E-state index in [4.69, 9.17) is 33.2 Å². The summed E-state index contributed by atoms with van der Waals surface area (Å²) in [4.78, 5) is 0. The molecule has 0 aliphatic carbocycles. The molecular weight excluding hydrogens is 315 g/mol. The molecule has 0 saturated heterocycles. The molecule has 0 radical (unpaired) electrons. The number of rotatable bonds is 4. The van der Waals surface area contributed by atoms with Gasteiger partial charge in [-0.2, -0.15) is 0 Å². The Labute approximate surface area is 129 Å². The SMILES string of the molecule is CC(C[Si](Cl)(Cl)Cl)c1ccccc1-c1ccccc1. The molecule has 0 fully saturated rings. The summed E-state index contributed by atoms with van der Waals surface area (Å²) in [6.45, 7) is 2.12. The van der Waals surface area contributed by atoms with Crippen molar-refractivity contribution in [1.82, 2.24) is 0 Å². The third-order valence-electron chi connectivity index (χ3n) is 3.11. The number of benzene rings is 2. The largest absolute Gasteiger partial charge is 0.342 e. The zero-order chi connectivity index (χ0) is 13.9. The summed E-state index contributed by atoms with van der Waals surface area (Å²) in [7, 11) is 0. The Balaban J connectivity index is 2.37. The van der Waals surface area contributed by atoms with Crippen molar-refractivity contribution in [3.05, 3.63) is 60.2 Å². The topological polar surface area (TPSA) is 0 Å². The standard InChI is InChI=1S/C15H15Cl3Si/c1-12(11-19(16,17)18)14-9-5-6-10-15(14)13-7-3-2-4-8-13/h2-10,12H,11H2,1H3.